The molecule has 0 amide bonds. The first-order chi connectivity index (χ1) is 9.11. The van der Waals surface area contributed by atoms with E-state index in [2.05, 4.69) is 4.84 Å². The molecule has 2 N–H and O–H groups in total. The lowest BCUT2D eigenvalue weighted by atomic mass is 10.3. The van der Waals surface area contributed by atoms with E-state index in [1.54, 1.807) is 18.2 Å². The number of hydrogen-bond acceptors (Lipinski definition) is 6. The highest BCUT2D eigenvalue weighted by molar-refractivity contribution is 5.65. The molecule has 2 rings (SSSR count). The van der Waals surface area contributed by atoms with Crippen molar-refractivity contribution in [1.29, 1.82) is 0 Å². The Morgan fingerprint density at radius 3 is 2.21 bits per heavy atom. The van der Waals surface area contributed by atoms with Gasteiger partial charge in [-0.25, -0.2) is 4.79 Å². The molecule has 0 fully saturated rings. The van der Waals surface area contributed by atoms with E-state index >= 15 is 0 Å². The second-order valence-electron chi connectivity index (χ2n) is 3.44. The molecule has 0 radical (unpaired) electrons. The molecule has 7 nitrogen and oxygen atoms in total. The maximum atomic E-state index is 11.5. The van der Waals surface area contributed by atoms with E-state index in [9.17, 15) is 15.0 Å². The largest absolute Gasteiger partial charge is 0.539 e. The third-order valence-electron chi connectivity index (χ3n) is 2.23. The fourth-order valence-corrected chi connectivity index (χ4v) is 1.38. The molecule has 2 aromatic rings. The van der Waals surface area contributed by atoms with Crippen LogP contribution in [0.2, 0.25) is 0 Å². The molecule has 19 heavy (non-hydrogen) atoms. The number of nitrogens with zero attached hydrogens (tertiary/aromatic N) is 1. The van der Waals surface area contributed by atoms with Crippen molar-refractivity contribution in [2.24, 2.45) is 0 Å². The molecular formula is C12H11NO6. The predicted octanol–water partition coefficient (Wildman–Crippen LogP) is 1.54. The number of carbonyl (C=O) groups is 1. The molecule has 1 aromatic heterocycles. The van der Waals surface area contributed by atoms with Gasteiger partial charge in [0, 0.05) is 12.1 Å². The Labute approximate surface area is 108 Å². The van der Waals surface area contributed by atoms with Crippen molar-refractivity contribution in [3.8, 4) is 23.3 Å². The Kier molecular flexibility index (Phi) is 3.46. The highest BCUT2D eigenvalue weighted by Crippen LogP contribution is 2.26. The summed E-state index contributed by atoms with van der Waals surface area (Å²) in [5.74, 6) is -0.370. The first kappa shape index (κ1) is 12.6. The fraction of sp³-hybridized carbons (Fsp3) is 0.0833. The highest BCUT2D eigenvalue weighted by atomic mass is 16.8. The van der Waals surface area contributed by atoms with Crippen molar-refractivity contribution >= 4 is 6.16 Å². The summed E-state index contributed by atoms with van der Waals surface area (Å²) >= 11 is 0. The second-order valence-corrected chi connectivity index (χ2v) is 3.44. The zero-order chi connectivity index (χ0) is 13.8. The van der Waals surface area contributed by atoms with E-state index < -0.39 is 17.9 Å². The average molecular weight is 265 g/mol. The summed E-state index contributed by atoms with van der Waals surface area (Å²) in [6.07, 6.45) is -1.13. The van der Waals surface area contributed by atoms with Gasteiger partial charge in [0.25, 0.3) is 0 Å². The van der Waals surface area contributed by atoms with Crippen molar-refractivity contribution < 1.29 is 29.3 Å². The Morgan fingerprint density at radius 2 is 1.63 bits per heavy atom. The standard InChI is InChI=1S/C12H11NO6/c1-17-8-4-2-3-5-9(8)18-12(16)19-13-10(14)6-7-11(13)15/h2-7,14-15H,1H3. The molecule has 0 aliphatic carbocycles. The van der Waals surface area contributed by atoms with Crippen LogP contribution >= 0.6 is 0 Å². The molecule has 0 atom stereocenters. The smallest absolute Gasteiger partial charge is 0.493 e. The van der Waals surface area contributed by atoms with Gasteiger partial charge in [0.2, 0.25) is 11.8 Å². The molecule has 7 heteroatoms. The molecule has 0 unspecified atom stereocenters. The molecule has 0 saturated heterocycles. The van der Waals surface area contributed by atoms with Crippen LogP contribution in [0.4, 0.5) is 4.79 Å². The molecule has 0 saturated carbocycles. The summed E-state index contributed by atoms with van der Waals surface area (Å²) in [6, 6.07) is 8.79. The van der Waals surface area contributed by atoms with Crippen LogP contribution in [0.3, 0.4) is 0 Å². The van der Waals surface area contributed by atoms with Crippen LogP contribution in [-0.4, -0.2) is 28.2 Å². The quantitative estimate of drug-likeness (QED) is 0.646. The lowest BCUT2D eigenvalue weighted by Crippen LogP contribution is -2.22. The van der Waals surface area contributed by atoms with Crippen LogP contribution in [0.15, 0.2) is 36.4 Å². The highest BCUT2D eigenvalue weighted by Gasteiger charge is 2.15. The van der Waals surface area contributed by atoms with Gasteiger partial charge in [-0.1, -0.05) is 12.1 Å². The van der Waals surface area contributed by atoms with Crippen LogP contribution in [-0.2, 0) is 0 Å². The van der Waals surface area contributed by atoms with Gasteiger partial charge in [0.1, 0.15) is 0 Å². The normalized spacial score (nSPS) is 9.95. The maximum Gasteiger partial charge on any atom is 0.539 e. The Balaban J connectivity index is 2.10. The second kappa shape index (κ2) is 5.21. The van der Waals surface area contributed by atoms with Crippen molar-refractivity contribution in [1.82, 2.24) is 4.73 Å². The molecule has 0 spiro atoms. The monoisotopic (exact) mass is 265 g/mol. The minimum Gasteiger partial charge on any atom is -0.493 e. The van der Waals surface area contributed by atoms with Crippen molar-refractivity contribution in [3.63, 3.8) is 0 Å². The number of aromatic hydroxyl groups is 2. The molecule has 0 aliphatic rings. The number of aromatic nitrogens is 1. The van der Waals surface area contributed by atoms with Crippen molar-refractivity contribution in [2.75, 3.05) is 7.11 Å². The first-order valence-corrected chi connectivity index (χ1v) is 5.24. The van der Waals surface area contributed by atoms with Crippen LogP contribution in [0.5, 0.6) is 23.3 Å². The van der Waals surface area contributed by atoms with Gasteiger partial charge in [-0.15, -0.1) is 4.73 Å². The zero-order valence-corrected chi connectivity index (χ0v) is 9.94. The van der Waals surface area contributed by atoms with Gasteiger partial charge in [0.05, 0.1) is 7.11 Å². The van der Waals surface area contributed by atoms with E-state index in [1.807, 2.05) is 0 Å². The minimum absolute atomic E-state index is 0.154. The van der Waals surface area contributed by atoms with E-state index in [-0.39, 0.29) is 5.75 Å². The average Bonchev–Trinajstić information content (AvgIpc) is 2.71. The summed E-state index contributed by atoms with van der Waals surface area (Å²) in [4.78, 5) is 16.1. The van der Waals surface area contributed by atoms with Crippen LogP contribution in [0.25, 0.3) is 0 Å². The fourth-order valence-electron chi connectivity index (χ4n) is 1.38. The molecule has 100 valence electrons. The number of ether oxygens (including phenoxy) is 2. The van der Waals surface area contributed by atoms with Gasteiger partial charge in [0.15, 0.2) is 11.5 Å². The SMILES string of the molecule is COc1ccccc1OC(=O)On1c(O)ccc1O. The summed E-state index contributed by atoms with van der Waals surface area (Å²) < 4.78 is 10.4. The van der Waals surface area contributed by atoms with E-state index in [1.165, 1.54) is 13.2 Å². The summed E-state index contributed by atoms with van der Waals surface area (Å²) in [5.41, 5.74) is 0. The molecule has 0 bridgehead atoms. The number of carbonyl (C=O) groups excluding carboxylic acids is 1. The van der Waals surface area contributed by atoms with Gasteiger partial charge >= 0.3 is 6.16 Å². The van der Waals surface area contributed by atoms with Crippen LogP contribution in [0.1, 0.15) is 0 Å². The number of hydrogen-bond donors (Lipinski definition) is 2. The Bertz CT molecular complexity index is 572. The predicted molar refractivity (Wildman–Crippen MR) is 63.4 cm³/mol. The van der Waals surface area contributed by atoms with Gasteiger partial charge in [-0.3, -0.25) is 4.84 Å². The lowest BCUT2D eigenvalue weighted by Gasteiger charge is -2.09. The first-order valence-electron chi connectivity index (χ1n) is 5.24. The van der Waals surface area contributed by atoms with Crippen LogP contribution in [0, 0.1) is 0 Å². The summed E-state index contributed by atoms with van der Waals surface area (Å²) in [7, 11) is 1.43. The van der Waals surface area contributed by atoms with Gasteiger partial charge < -0.3 is 19.7 Å². The molecule has 0 aliphatic heterocycles. The number of para-hydroxylation sites is 2. The van der Waals surface area contributed by atoms with Gasteiger partial charge in [-0.2, -0.15) is 0 Å². The van der Waals surface area contributed by atoms with E-state index in [0.29, 0.717) is 10.5 Å². The van der Waals surface area contributed by atoms with Crippen LogP contribution < -0.4 is 14.3 Å². The summed E-state index contributed by atoms with van der Waals surface area (Å²) in [5, 5.41) is 18.6. The number of benzene rings is 1. The summed E-state index contributed by atoms with van der Waals surface area (Å²) in [6.45, 7) is 0. The Morgan fingerprint density at radius 1 is 1.05 bits per heavy atom. The third kappa shape index (κ3) is 2.71. The molecule has 1 heterocycles. The molecular weight excluding hydrogens is 254 g/mol. The van der Waals surface area contributed by atoms with Crippen molar-refractivity contribution in [3.05, 3.63) is 36.4 Å². The molecule has 1 aromatic carbocycles. The Hall–Kier alpha value is -2.83. The minimum atomic E-state index is -1.13. The number of rotatable bonds is 3. The van der Waals surface area contributed by atoms with Crippen molar-refractivity contribution in [2.45, 2.75) is 0 Å². The number of methoxy groups -OCH3 is 1. The van der Waals surface area contributed by atoms with E-state index in [0.717, 1.165) is 12.1 Å². The zero-order valence-electron chi connectivity index (χ0n) is 9.94. The lowest BCUT2D eigenvalue weighted by molar-refractivity contribution is 0.0700. The third-order valence-corrected chi connectivity index (χ3v) is 2.23. The van der Waals surface area contributed by atoms with E-state index in [4.69, 9.17) is 9.47 Å². The maximum absolute atomic E-state index is 11.5. The van der Waals surface area contributed by atoms with Gasteiger partial charge in [-0.05, 0) is 12.1 Å². The topological polar surface area (TPSA) is 90.2 Å².